The lowest BCUT2D eigenvalue weighted by Gasteiger charge is -2.27. The van der Waals surface area contributed by atoms with E-state index in [2.05, 4.69) is 33.7 Å². The highest BCUT2D eigenvalue weighted by Crippen LogP contribution is 2.18. The molecule has 1 aliphatic heterocycles. The summed E-state index contributed by atoms with van der Waals surface area (Å²) < 4.78 is 7.85. The minimum absolute atomic E-state index is 0.785. The average Bonchev–Trinajstić information content (AvgIpc) is 2.95. The first-order valence-electron chi connectivity index (χ1n) is 8.83. The van der Waals surface area contributed by atoms with Crippen LogP contribution >= 0.6 is 0 Å². The highest BCUT2D eigenvalue weighted by atomic mass is 16.5. The van der Waals surface area contributed by atoms with Crippen LogP contribution in [0.5, 0.6) is 0 Å². The average molecular weight is 316 g/mol. The molecule has 0 unspecified atom stereocenters. The topological polar surface area (TPSA) is 56.3 Å². The first-order chi connectivity index (χ1) is 11.4. The van der Waals surface area contributed by atoms with Gasteiger partial charge in [0.15, 0.2) is 0 Å². The molecule has 126 valence electrons. The number of unbranched alkanes of at least 4 members (excludes halogenated alkanes) is 2. The number of aryl methyl sites for hydroxylation is 1. The van der Waals surface area contributed by atoms with Crippen LogP contribution in [0.15, 0.2) is 24.3 Å². The summed E-state index contributed by atoms with van der Waals surface area (Å²) in [4.78, 5) is 7.35. The van der Waals surface area contributed by atoms with Crippen LogP contribution in [0.4, 0.5) is 0 Å². The van der Waals surface area contributed by atoms with Gasteiger partial charge in [-0.3, -0.25) is 4.90 Å². The highest BCUT2D eigenvalue weighted by molar-refractivity contribution is 5.75. The Bertz CT molecular complexity index is 604. The third-order valence-corrected chi connectivity index (χ3v) is 4.58. The second-order valence-electron chi connectivity index (χ2n) is 6.22. The van der Waals surface area contributed by atoms with E-state index in [9.17, 15) is 0 Å². The number of benzene rings is 1. The molecule has 1 aromatic carbocycles. The van der Waals surface area contributed by atoms with Crippen molar-refractivity contribution < 1.29 is 4.74 Å². The fourth-order valence-electron chi connectivity index (χ4n) is 3.24. The van der Waals surface area contributed by atoms with Gasteiger partial charge in [-0.2, -0.15) is 0 Å². The Morgan fingerprint density at radius 2 is 1.87 bits per heavy atom. The third kappa shape index (κ3) is 4.31. The van der Waals surface area contributed by atoms with E-state index in [0.717, 1.165) is 70.7 Å². The summed E-state index contributed by atoms with van der Waals surface area (Å²) in [5.41, 5.74) is 7.97. The fraction of sp³-hybridized carbons (Fsp3) is 0.611. The minimum Gasteiger partial charge on any atom is -0.379 e. The zero-order valence-electron chi connectivity index (χ0n) is 13.9. The Morgan fingerprint density at radius 1 is 1.04 bits per heavy atom. The van der Waals surface area contributed by atoms with Crippen molar-refractivity contribution in [3.8, 4) is 0 Å². The molecule has 0 aliphatic carbocycles. The van der Waals surface area contributed by atoms with Gasteiger partial charge in [-0.15, -0.1) is 0 Å². The lowest BCUT2D eigenvalue weighted by atomic mass is 10.2. The molecule has 0 bridgehead atoms. The quantitative estimate of drug-likeness (QED) is 0.757. The van der Waals surface area contributed by atoms with Crippen molar-refractivity contribution >= 4 is 11.0 Å². The molecule has 0 amide bonds. The number of ether oxygens (including phenoxy) is 1. The van der Waals surface area contributed by atoms with Crippen molar-refractivity contribution in [1.82, 2.24) is 14.5 Å². The molecule has 0 atom stereocenters. The lowest BCUT2D eigenvalue weighted by molar-refractivity contribution is 0.0364. The number of nitrogens with two attached hydrogens (primary N) is 1. The van der Waals surface area contributed by atoms with Crippen LogP contribution < -0.4 is 5.73 Å². The van der Waals surface area contributed by atoms with Crippen molar-refractivity contribution in [3.63, 3.8) is 0 Å². The molecule has 23 heavy (non-hydrogen) atoms. The summed E-state index contributed by atoms with van der Waals surface area (Å²) in [6.45, 7) is 6.66. The van der Waals surface area contributed by atoms with Gasteiger partial charge >= 0.3 is 0 Å². The molecular weight excluding hydrogens is 288 g/mol. The van der Waals surface area contributed by atoms with Crippen molar-refractivity contribution in [2.24, 2.45) is 5.73 Å². The molecule has 0 radical (unpaired) electrons. The largest absolute Gasteiger partial charge is 0.379 e. The van der Waals surface area contributed by atoms with E-state index in [1.807, 2.05) is 0 Å². The summed E-state index contributed by atoms with van der Waals surface area (Å²) >= 11 is 0. The number of rotatable bonds is 8. The maximum absolute atomic E-state index is 5.59. The van der Waals surface area contributed by atoms with Crippen LogP contribution in [0, 0.1) is 0 Å². The molecule has 1 fully saturated rings. The van der Waals surface area contributed by atoms with Crippen LogP contribution in [0.2, 0.25) is 0 Å². The van der Waals surface area contributed by atoms with Crippen molar-refractivity contribution in [2.45, 2.75) is 32.2 Å². The normalized spacial score (nSPS) is 16.2. The highest BCUT2D eigenvalue weighted by Gasteiger charge is 2.13. The van der Waals surface area contributed by atoms with Gasteiger partial charge in [-0.1, -0.05) is 18.6 Å². The summed E-state index contributed by atoms with van der Waals surface area (Å²) in [5.74, 6) is 1.22. The lowest BCUT2D eigenvalue weighted by Crippen LogP contribution is -2.38. The maximum atomic E-state index is 5.59. The Hall–Kier alpha value is -1.43. The Labute approximate surface area is 138 Å². The summed E-state index contributed by atoms with van der Waals surface area (Å²) in [6, 6.07) is 8.47. The van der Waals surface area contributed by atoms with E-state index in [1.54, 1.807) is 0 Å². The molecule has 1 aromatic heterocycles. The summed E-state index contributed by atoms with van der Waals surface area (Å²) in [7, 11) is 0. The predicted molar refractivity (Wildman–Crippen MR) is 93.6 cm³/mol. The van der Waals surface area contributed by atoms with Gasteiger partial charge in [0, 0.05) is 32.6 Å². The van der Waals surface area contributed by atoms with E-state index in [1.165, 1.54) is 17.8 Å². The number of aromatic nitrogens is 2. The van der Waals surface area contributed by atoms with Gasteiger partial charge in [-0.05, 0) is 31.5 Å². The van der Waals surface area contributed by atoms with E-state index < -0.39 is 0 Å². The van der Waals surface area contributed by atoms with Gasteiger partial charge in [0.2, 0.25) is 0 Å². The zero-order chi connectivity index (χ0) is 15.9. The SMILES string of the molecule is NCCCCCc1nc2ccccc2n1CCN1CCOCC1. The van der Waals surface area contributed by atoms with E-state index >= 15 is 0 Å². The van der Waals surface area contributed by atoms with E-state index in [-0.39, 0.29) is 0 Å². The number of fused-ring (bicyclic) bond motifs is 1. The Morgan fingerprint density at radius 3 is 2.70 bits per heavy atom. The number of hydrogen-bond donors (Lipinski definition) is 1. The molecule has 0 spiro atoms. The molecule has 5 nitrogen and oxygen atoms in total. The van der Waals surface area contributed by atoms with Crippen molar-refractivity contribution in [1.29, 1.82) is 0 Å². The Balaban J connectivity index is 1.69. The van der Waals surface area contributed by atoms with Gasteiger partial charge in [0.05, 0.1) is 24.2 Å². The summed E-state index contributed by atoms with van der Waals surface area (Å²) in [6.07, 6.45) is 4.49. The smallest absolute Gasteiger partial charge is 0.109 e. The molecule has 1 saturated heterocycles. The number of para-hydroxylation sites is 2. The summed E-state index contributed by atoms with van der Waals surface area (Å²) in [5, 5.41) is 0. The van der Waals surface area contributed by atoms with Crippen LogP contribution in [0.3, 0.4) is 0 Å². The monoisotopic (exact) mass is 316 g/mol. The minimum atomic E-state index is 0.785. The van der Waals surface area contributed by atoms with Gasteiger partial charge < -0.3 is 15.0 Å². The second kappa shape index (κ2) is 8.43. The number of nitrogens with zero attached hydrogens (tertiary/aromatic N) is 3. The zero-order valence-corrected chi connectivity index (χ0v) is 13.9. The molecular formula is C18H28N4O. The molecule has 5 heteroatoms. The number of morpholine rings is 1. The van der Waals surface area contributed by atoms with E-state index in [0.29, 0.717) is 0 Å². The van der Waals surface area contributed by atoms with Crippen LogP contribution in [-0.2, 0) is 17.7 Å². The number of hydrogen-bond acceptors (Lipinski definition) is 4. The second-order valence-corrected chi connectivity index (χ2v) is 6.22. The maximum Gasteiger partial charge on any atom is 0.109 e. The molecule has 2 aromatic rings. The predicted octanol–water partition coefficient (Wildman–Crippen LogP) is 2.04. The molecule has 2 N–H and O–H groups in total. The fourth-order valence-corrected chi connectivity index (χ4v) is 3.24. The van der Waals surface area contributed by atoms with Gasteiger partial charge in [0.1, 0.15) is 5.82 Å². The first-order valence-corrected chi connectivity index (χ1v) is 8.83. The van der Waals surface area contributed by atoms with Gasteiger partial charge in [0.25, 0.3) is 0 Å². The van der Waals surface area contributed by atoms with E-state index in [4.69, 9.17) is 15.5 Å². The molecule has 3 rings (SSSR count). The Kier molecular flexibility index (Phi) is 6.02. The third-order valence-electron chi connectivity index (χ3n) is 4.58. The first kappa shape index (κ1) is 16.4. The van der Waals surface area contributed by atoms with Crippen LogP contribution in [0.25, 0.3) is 11.0 Å². The molecule has 1 aliphatic rings. The van der Waals surface area contributed by atoms with Crippen LogP contribution in [-0.4, -0.2) is 53.8 Å². The molecule has 2 heterocycles. The van der Waals surface area contributed by atoms with Crippen LogP contribution in [0.1, 0.15) is 25.1 Å². The van der Waals surface area contributed by atoms with Crippen molar-refractivity contribution in [2.75, 3.05) is 39.4 Å². The molecule has 0 saturated carbocycles. The van der Waals surface area contributed by atoms with Gasteiger partial charge in [-0.25, -0.2) is 4.98 Å². The van der Waals surface area contributed by atoms with Crippen molar-refractivity contribution in [3.05, 3.63) is 30.1 Å². The standard InChI is InChI=1S/C18H28N4O/c19-9-5-1-2-8-18-20-16-6-3-4-7-17(16)22(18)11-10-21-12-14-23-15-13-21/h3-4,6-7H,1-2,5,8-15,19H2. The number of imidazole rings is 1.